The summed E-state index contributed by atoms with van der Waals surface area (Å²) < 4.78 is 19.8. The highest BCUT2D eigenvalue weighted by Crippen LogP contribution is 2.39. The topological polar surface area (TPSA) is 105 Å². The lowest BCUT2D eigenvalue weighted by Crippen LogP contribution is -2.43. The number of amides is 1. The maximum absolute atomic E-state index is 14.3. The van der Waals surface area contributed by atoms with Crippen molar-refractivity contribution in [3.8, 4) is 28.2 Å². The van der Waals surface area contributed by atoms with Gasteiger partial charge in [-0.15, -0.1) is 0 Å². The number of anilines is 1. The molecule has 4 rings (SSSR count). The zero-order valence-corrected chi connectivity index (χ0v) is 15.7. The molecule has 0 saturated carbocycles. The zero-order valence-electron chi connectivity index (χ0n) is 15.7. The molecule has 1 saturated heterocycles. The highest BCUT2D eigenvalue weighted by molar-refractivity contribution is 5.81. The van der Waals surface area contributed by atoms with Crippen molar-refractivity contribution in [2.75, 3.05) is 31.1 Å². The molecule has 0 spiro atoms. The highest BCUT2D eigenvalue weighted by atomic mass is 19.1. The van der Waals surface area contributed by atoms with E-state index in [9.17, 15) is 14.3 Å². The molecule has 0 unspecified atom stereocenters. The summed E-state index contributed by atoms with van der Waals surface area (Å²) in [6.45, 7) is 3.41. The molecular weight excluding hydrogens is 375 g/mol. The highest BCUT2D eigenvalue weighted by Gasteiger charge is 2.19. The van der Waals surface area contributed by atoms with Crippen molar-refractivity contribution < 1.29 is 18.8 Å². The van der Waals surface area contributed by atoms with Gasteiger partial charge in [0.2, 0.25) is 5.91 Å². The Hall–Kier alpha value is -3.39. The molecule has 2 aromatic carbocycles. The van der Waals surface area contributed by atoms with Crippen molar-refractivity contribution >= 4 is 11.7 Å². The van der Waals surface area contributed by atoms with E-state index in [0.717, 1.165) is 26.2 Å². The third-order valence-corrected chi connectivity index (χ3v) is 4.97. The van der Waals surface area contributed by atoms with Crippen molar-refractivity contribution in [1.82, 2.24) is 10.5 Å². The molecule has 0 bridgehead atoms. The Balaban J connectivity index is 1.65. The number of rotatable bonds is 5. The van der Waals surface area contributed by atoms with Crippen LogP contribution >= 0.6 is 0 Å². The molecule has 1 aliphatic rings. The third kappa shape index (κ3) is 3.93. The Labute approximate surface area is 166 Å². The van der Waals surface area contributed by atoms with Gasteiger partial charge in [0.1, 0.15) is 11.6 Å². The number of phenolic OH excluding ortho intramolecular Hbond substituents is 1. The molecule has 29 heavy (non-hydrogen) atoms. The van der Waals surface area contributed by atoms with Gasteiger partial charge in [0, 0.05) is 37.8 Å². The zero-order chi connectivity index (χ0) is 20.4. The van der Waals surface area contributed by atoms with Gasteiger partial charge in [-0.2, -0.15) is 0 Å². The van der Waals surface area contributed by atoms with Gasteiger partial charge in [-0.3, -0.25) is 4.79 Å². The monoisotopic (exact) mass is 396 g/mol. The number of hydrogen-bond acceptors (Lipinski definition) is 6. The Morgan fingerprint density at radius 3 is 2.69 bits per heavy atom. The van der Waals surface area contributed by atoms with E-state index in [0.29, 0.717) is 28.3 Å². The van der Waals surface area contributed by atoms with Crippen molar-refractivity contribution in [3.63, 3.8) is 0 Å². The largest absolute Gasteiger partial charge is 0.507 e. The number of carbonyl (C=O) groups is 1. The van der Waals surface area contributed by atoms with Crippen LogP contribution < -0.4 is 16.0 Å². The molecule has 1 aliphatic heterocycles. The number of phenols is 1. The van der Waals surface area contributed by atoms with Crippen LogP contribution in [0.5, 0.6) is 5.75 Å². The summed E-state index contributed by atoms with van der Waals surface area (Å²) in [5, 5.41) is 18.2. The fourth-order valence-electron chi connectivity index (χ4n) is 3.46. The number of halogens is 1. The van der Waals surface area contributed by atoms with Crippen LogP contribution in [0.1, 0.15) is 5.56 Å². The molecule has 0 radical (unpaired) electrons. The second-order valence-corrected chi connectivity index (χ2v) is 6.94. The van der Waals surface area contributed by atoms with E-state index < -0.39 is 11.7 Å². The minimum Gasteiger partial charge on any atom is -0.507 e. The van der Waals surface area contributed by atoms with Crippen molar-refractivity contribution in [2.24, 2.45) is 5.73 Å². The van der Waals surface area contributed by atoms with Gasteiger partial charge in [-0.05, 0) is 23.3 Å². The summed E-state index contributed by atoms with van der Waals surface area (Å²) in [5.74, 6) is -0.0340. The average Bonchev–Trinajstić information content (AvgIpc) is 3.20. The normalized spacial score (nSPS) is 14.2. The van der Waals surface area contributed by atoms with E-state index in [1.54, 1.807) is 30.3 Å². The molecule has 1 amide bonds. The van der Waals surface area contributed by atoms with Crippen molar-refractivity contribution in [3.05, 3.63) is 53.8 Å². The molecule has 150 valence electrons. The van der Waals surface area contributed by atoms with Gasteiger partial charge < -0.3 is 25.6 Å². The molecule has 2 heterocycles. The lowest BCUT2D eigenvalue weighted by molar-refractivity contribution is -0.117. The molecule has 1 aromatic heterocycles. The van der Waals surface area contributed by atoms with Crippen LogP contribution in [0.2, 0.25) is 0 Å². The number of aromatic nitrogens is 1. The maximum atomic E-state index is 14.3. The third-order valence-electron chi connectivity index (χ3n) is 4.97. The second-order valence-electron chi connectivity index (χ2n) is 6.94. The number of nitrogens with one attached hydrogen (secondary N) is 1. The molecule has 3 aromatic rings. The van der Waals surface area contributed by atoms with Gasteiger partial charge >= 0.3 is 0 Å². The minimum absolute atomic E-state index is 0.0300. The van der Waals surface area contributed by atoms with E-state index in [2.05, 4.69) is 15.4 Å². The summed E-state index contributed by atoms with van der Waals surface area (Å²) in [6, 6.07) is 11.4. The van der Waals surface area contributed by atoms with Crippen LogP contribution in [0.25, 0.3) is 22.5 Å². The molecule has 0 atom stereocenters. The maximum Gasteiger partial charge on any atom is 0.221 e. The first kappa shape index (κ1) is 18.9. The number of nitrogens with two attached hydrogens (primary N) is 1. The van der Waals surface area contributed by atoms with E-state index in [4.69, 9.17) is 10.3 Å². The Bertz CT molecular complexity index is 1040. The minimum atomic E-state index is -0.605. The number of piperazine rings is 1. The lowest BCUT2D eigenvalue weighted by Gasteiger charge is -2.26. The van der Waals surface area contributed by atoms with E-state index in [1.165, 1.54) is 12.1 Å². The summed E-state index contributed by atoms with van der Waals surface area (Å²) in [6.07, 6.45) is -0.176. The molecule has 4 N–H and O–H groups in total. The van der Waals surface area contributed by atoms with Crippen molar-refractivity contribution in [2.45, 2.75) is 6.42 Å². The van der Waals surface area contributed by atoms with Crippen LogP contribution in [0.3, 0.4) is 0 Å². The Morgan fingerprint density at radius 2 is 1.97 bits per heavy atom. The summed E-state index contributed by atoms with van der Waals surface area (Å²) in [7, 11) is 0. The van der Waals surface area contributed by atoms with Crippen LogP contribution in [-0.2, 0) is 11.2 Å². The molecular formula is C21H21FN4O3. The van der Waals surface area contributed by atoms with Crippen molar-refractivity contribution in [1.29, 1.82) is 0 Å². The Morgan fingerprint density at radius 1 is 1.21 bits per heavy atom. The summed E-state index contributed by atoms with van der Waals surface area (Å²) in [5.41, 5.74) is 6.76. The first-order valence-corrected chi connectivity index (χ1v) is 9.35. The number of carbonyl (C=O) groups excluding carboxylic acids is 1. The SMILES string of the molecule is NC(=O)Cc1ccc(-c2cccc(-c3cc(N4CCNCC4)no3)c2O)cc1F. The van der Waals surface area contributed by atoms with Crippen LogP contribution in [0.15, 0.2) is 47.0 Å². The quantitative estimate of drug-likeness (QED) is 0.611. The Kier molecular flexibility index (Phi) is 5.18. The van der Waals surface area contributed by atoms with Crippen LogP contribution in [0.4, 0.5) is 10.2 Å². The van der Waals surface area contributed by atoms with E-state index >= 15 is 0 Å². The number of aromatic hydroxyl groups is 1. The number of para-hydroxylation sites is 1. The molecule has 1 fully saturated rings. The predicted octanol–water partition coefficient (Wildman–Crippen LogP) is 2.29. The summed E-state index contributed by atoms with van der Waals surface area (Å²) in [4.78, 5) is 13.1. The molecule has 0 aliphatic carbocycles. The number of hydrogen-bond donors (Lipinski definition) is 3. The second kappa shape index (κ2) is 7.92. The standard InChI is InChI=1S/C21H21FN4O3/c22-17-10-13(4-5-14(17)11-19(23)27)15-2-1-3-16(21(15)28)18-12-20(25-29-18)26-8-6-24-7-9-26/h1-5,10,12,24,28H,6-9,11H2,(H2,23,27). The van der Waals surface area contributed by atoms with Gasteiger partial charge in [-0.1, -0.05) is 29.4 Å². The van der Waals surface area contributed by atoms with Gasteiger partial charge in [0.05, 0.1) is 12.0 Å². The first-order valence-electron chi connectivity index (χ1n) is 9.35. The first-order chi connectivity index (χ1) is 14.0. The predicted molar refractivity (Wildman–Crippen MR) is 107 cm³/mol. The fraction of sp³-hybridized carbons (Fsp3) is 0.238. The number of benzene rings is 2. The van der Waals surface area contributed by atoms with Crippen LogP contribution in [-0.4, -0.2) is 42.3 Å². The smallest absolute Gasteiger partial charge is 0.221 e. The fourth-order valence-corrected chi connectivity index (χ4v) is 3.46. The van der Waals surface area contributed by atoms with E-state index in [1.807, 2.05) is 0 Å². The van der Waals surface area contributed by atoms with Crippen LogP contribution in [0, 0.1) is 5.82 Å². The van der Waals surface area contributed by atoms with Gasteiger partial charge in [-0.25, -0.2) is 4.39 Å². The van der Waals surface area contributed by atoms with E-state index in [-0.39, 0.29) is 17.7 Å². The average molecular weight is 396 g/mol. The summed E-state index contributed by atoms with van der Waals surface area (Å²) >= 11 is 0. The van der Waals surface area contributed by atoms with Gasteiger partial charge in [0.25, 0.3) is 0 Å². The lowest BCUT2D eigenvalue weighted by atomic mass is 9.98. The van der Waals surface area contributed by atoms with Gasteiger partial charge in [0.15, 0.2) is 11.6 Å². The molecule has 7 nitrogen and oxygen atoms in total. The number of primary amides is 1. The molecule has 8 heteroatoms. The number of nitrogens with zero attached hydrogens (tertiary/aromatic N) is 2.